The van der Waals surface area contributed by atoms with Gasteiger partial charge in [0.2, 0.25) is 0 Å². The number of nitrogens with zero attached hydrogens (tertiary/aromatic N) is 3. The summed E-state index contributed by atoms with van der Waals surface area (Å²) in [6.45, 7) is 0. The van der Waals surface area contributed by atoms with E-state index in [1.807, 2.05) is 41.3 Å². The zero-order valence-corrected chi connectivity index (χ0v) is 18.3. The first-order chi connectivity index (χ1) is 14.9. The van der Waals surface area contributed by atoms with E-state index in [2.05, 4.69) is 9.97 Å². The van der Waals surface area contributed by atoms with Gasteiger partial charge in [0, 0.05) is 5.69 Å². The molecule has 1 saturated heterocycles. The fourth-order valence-corrected chi connectivity index (χ4v) is 6.85. The molecule has 31 heavy (non-hydrogen) atoms. The average molecular weight is 457 g/mol. The van der Waals surface area contributed by atoms with Crippen LogP contribution in [0.3, 0.4) is 0 Å². The van der Waals surface area contributed by atoms with E-state index in [0.29, 0.717) is 22.5 Å². The number of anilines is 1. The van der Waals surface area contributed by atoms with Gasteiger partial charge in [-0.2, -0.15) is 0 Å². The maximum absolute atomic E-state index is 12.3. The second-order valence-corrected chi connectivity index (χ2v) is 10.6. The van der Waals surface area contributed by atoms with Crippen molar-refractivity contribution in [3.63, 3.8) is 0 Å². The third-order valence-corrected chi connectivity index (χ3v) is 8.13. The minimum atomic E-state index is -3.12. The molecule has 0 aliphatic carbocycles. The number of hydrogen-bond donors (Lipinski definition) is 1. The first-order valence-corrected chi connectivity index (χ1v) is 12.6. The summed E-state index contributed by atoms with van der Waals surface area (Å²) < 4.78 is 29.6. The van der Waals surface area contributed by atoms with Crippen molar-refractivity contribution in [1.29, 1.82) is 0 Å². The highest BCUT2D eigenvalue weighted by molar-refractivity contribution is 8.13. The molecule has 160 valence electrons. The predicted molar refractivity (Wildman–Crippen MR) is 123 cm³/mol. The minimum absolute atomic E-state index is 0.0550. The lowest BCUT2D eigenvalue weighted by Gasteiger charge is -2.26. The van der Waals surface area contributed by atoms with Crippen molar-refractivity contribution < 1.29 is 13.2 Å². The first-order valence-electron chi connectivity index (χ1n) is 9.76. The van der Waals surface area contributed by atoms with Gasteiger partial charge in [-0.15, -0.1) is 0 Å². The summed E-state index contributed by atoms with van der Waals surface area (Å²) in [7, 11) is -1.52. The molecule has 1 fully saturated rings. The number of H-pyrrole nitrogens is 1. The third kappa shape index (κ3) is 3.81. The van der Waals surface area contributed by atoms with E-state index < -0.39 is 9.84 Å². The molecule has 5 rings (SSSR count). The molecule has 0 unspecified atom stereocenters. The second-order valence-electron chi connectivity index (χ2n) is 7.51. The van der Waals surface area contributed by atoms with Gasteiger partial charge in [-0.05, 0) is 36.4 Å². The zero-order chi connectivity index (χ0) is 21.6. The minimum Gasteiger partial charge on any atom is -0.497 e. The number of para-hydroxylation sites is 1. The number of methoxy groups -OCH3 is 1. The second kappa shape index (κ2) is 7.69. The van der Waals surface area contributed by atoms with Gasteiger partial charge >= 0.3 is 0 Å². The molecule has 8 nitrogen and oxygen atoms in total. The number of ether oxygens (including phenoxy) is 1. The Bertz CT molecular complexity index is 1340. The van der Waals surface area contributed by atoms with Gasteiger partial charge in [0.1, 0.15) is 11.6 Å². The van der Waals surface area contributed by atoms with Crippen molar-refractivity contribution in [3.8, 4) is 5.75 Å². The number of thioether (sulfide) groups is 1. The molecule has 10 heteroatoms. The molecule has 0 radical (unpaired) electrons. The van der Waals surface area contributed by atoms with Crippen molar-refractivity contribution in [2.75, 3.05) is 23.5 Å². The van der Waals surface area contributed by atoms with Crippen LogP contribution in [0.2, 0.25) is 0 Å². The number of sulfone groups is 1. The summed E-state index contributed by atoms with van der Waals surface area (Å²) in [5.74, 6) is 1.82. The molecular formula is C21H20N4O4S2. The number of nitrogens with one attached hydrogen (secondary N) is 1. The molecule has 1 aromatic heterocycles. The molecule has 0 amide bonds. The summed E-state index contributed by atoms with van der Waals surface area (Å²) in [5.41, 5.74) is 1.33. The number of amidine groups is 1. The van der Waals surface area contributed by atoms with Crippen molar-refractivity contribution in [2.45, 2.75) is 17.8 Å². The van der Waals surface area contributed by atoms with Crippen LogP contribution in [-0.4, -0.2) is 54.3 Å². The Hall–Kier alpha value is -2.85. The lowest BCUT2D eigenvalue weighted by Crippen LogP contribution is -2.39. The monoisotopic (exact) mass is 456 g/mol. The fraction of sp³-hybridized carbons (Fsp3) is 0.286. The Labute approximate surface area is 183 Å². The Morgan fingerprint density at radius 3 is 2.71 bits per heavy atom. The molecule has 1 N–H and O–H groups in total. The molecule has 2 aromatic carbocycles. The molecule has 3 aromatic rings. The van der Waals surface area contributed by atoms with Gasteiger partial charge in [0.05, 0.1) is 47.4 Å². The van der Waals surface area contributed by atoms with Gasteiger partial charge in [-0.25, -0.2) is 13.4 Å². The Balaban J connectivity index is 1.44. The summed E-state index contributed by atoms with van der Waals surface area (Å²) in [4.78, 5) is 26.4. The van der Waals surface area contributed by atoms with Crippen molar-refractivity contribution in [3.05, 3.63) is 64.7 Å². The Morgan fingerprint density at radius 1 is 1.16 bits per heavy atom. The normalized spacial score (nSPS) is 21.8. The van der Waals surface area contributed by atoms with Crippen LogP contribution < -0.4 is 15.2 Å². The topological polar surface area (TPSA) is 105 Å². The number of benzene rings is 2. The number of aliphatic imine (C=N–C) groups is 1. The number of hydrogen-bond acceptors (Lipinski definition) is 8. The fourth-order valence-electron chi connectivity index (χ4n) is 4.01. The van der Waals surface area contributed by atoms with Crippen molar-refractivity contribution in [1.82, 2.24) is 9.97 Å². The van der Waals surface area contributed by atoms with Crippen LogP contribution in [0.1, 0.15) is 5.82 Å². The molecule has 2 aliphatic heterocycles. The summed E-state index contributed by atoms with van der Waals surface area (Å²) >= 11 is 1.44. The maximum Gasteiger partial charge on any atom is 0.258 e. The predicted octanol–water partition coefficient (Wildman–Crippen LogP) is 2.21. The van der Waals surface area contributed by atoms with E-state index in [9.17, 15) is 13.2 Å². The zero-order valence-electron chi connectivity index (χ0n) is 16.7. The van der Waals surface area contributed by atoms with Crippen LogP contribution >= 0.6 is 11.8 Å². The SMILES string of the molecule is COc1ccc(N2C(SCc3nc4ccccc4c(=O)[nH]3)=N[C@@H]3CS(=O)(=O)C[C@@H]32)cc1. The van der Waals surface area contributed by atoms with Gasteiger partial charge in [0.15, 0.2) is 15.0 Å². The van der Waals surface area contributed by atoms with E-state index in [0.717, 1.165) is 16.6 Å². The molecule has 2 atom stereocenters. The lowest BCUT2D eigenvalue weighted by atomic mass is 10.1. The molecule has 2 aliphatic rings. The van der Waals surface area contributed by atoms with E-state index >= 15 is 0 Å². The van der Waals surface area contributed by atoms with Crippen LogP contribution in [0.25, 0.3) is 10.9 Å². The third-order valence-electron chi connectivity index (χ3n) is 5.46. The first kappa shape index (κ1) is 20.1. The highest BCUT2D eigenvalue weighted by Crippen LogP contribution is 2.36. The van der Waals surface area contributed by atoms with Crippen LogP contribution in [0.5, 0.6) is 5.75 Å². The van der Waals surface area contributed by atoms with Gasteiger partial charge < -0.3 is 14.6 Å². The van der Waals surface area contributed by atoms with E-state index in [4.69, 9.17) is 9.73 Å². The van der Waals surface area contributed by atoms with Crippen LogP contribution in [0, 0.1) is 0 Å². The molecule has 3 heterocycles. The van der Waals surface area contributed by atoms with Gasteiger partial charge in [0.25, 0.3) is 5.56 Å². The number of fused-ring (bicyclic) bond motifs is 2. The van der Waals surface area contributed by atoms with Crippen molar-refractivity contribution >= 4 is 43.4 Å². The Morgan fingerprint density at radius 2 is 1.94 bits per heavy atom. The summed E-state index contributed by atoms with van der Waals surface area (Å²) in [5, 5.41) is 1.28. The van der Waals surface area contributed by atoms with Crippen LogP contribution in [0.4, 0.5) is 5.69 Å². The standard InChI is InChI=1S/C21H20N4O4S2/c1-29-14-8-6-13(7-9-14)25-18-12-31(27,28)11-17(18)23-21(25)30-10-19-22-16-5-3-2-4-15(16)20(26)24-19/h2-9,17-18H,10-12H2,1H3,(H,22,24,26)/t17-,18+/m1/s1. The van der Waals surface area contributed by atoms with Crippen LogP contribution in [0.15, 0.2) is 58.3 Å². The number of aromatic nitrogens is 2. The maximum atomic E-state index is 12.3. The number of aromatic amines is 1. The molecule has 0 spiro atoms. The Kier molecular flexibility index (Phi) is 4.98. The number of rotatable bonds is 4. The quantitative estimate of drug-likeness (QED) is 0.642. The highest BCUT2D eigenvalue weighted by Gasteiger charge is 2.47. The molecular weight excluding hydrogens is 436 g/mol. The van der Waals surface area contributed by atoms with E-state index in [1.165, 1.54) is 11.8 Å². The van der Waals surface area contributed by atoms with Gasteiger partial charge in [-0.3, -0.25) is 9.79 Å². The van der Waals surface area contributed by atoms with E-state index in [-0.39, 0.29) is 29.1 Å². The molecule has 0 saturated carbocycles. The van der Waals surface area contributed by atoms with E-state index in [1.54, 1.807) is 19.2 Å². The summed E-state index contributed by atoms with van der Waals surface area (Å²) in [6.07, 6.45) is 0. The smallest absolute Gasteiger partial charge is 0.258 e. The largest absolute Gasteiger partial charge is 0.497 e. The van der Waals surface area contributed by atoms with Crippen LogP contribution in [-0.2, 0) is 15.6 Å². The summed E-state index contributed by atoms with van der Waals surface area (Å²) in [6, 6.07) is 14.2. The van der Waals surface area contributed by atoms with Crippen molar-refractivity contribution in [2.24, 2.45) is 4.99 Å². The molecule has 0 bridgehead atoms. The lowest BCUT2D eigenvalue weighted by molar-refractivity contribution is 0.415. The van der Waals surface area contributed by atoms with Gasteiger partial charge in [-0.1, -0.05) is 23.9 Å². The highest BCUT2D eigenvalue weighted by atomic mass is 32.2. The average Bonchev–Trinajstić information content (AvgIpc) is 3.23.